The van der Waals surface area contributed by atoms with E-state index >= 15 is 0 Å². The number of methoxy groups -OCH3 is 1. The van der Waals surface area contributed by atoms with Crippen molar-refractivity contribution in [1.29, 1.82) is 0 Å². The number of hydrogen-bond donors (Lipinski definition) is 1. The molecule has 1 fully saturated rings. The number of rotatable bonds is 7. The SMILES string of the molecule is COCCNC(=O)C(C)C1CCN(S(=O)(=O)c2ccc(Cl)s2)CC1. The molecule has 0 aliphatic carbocycles. The Morgan fingerprint density at radius 1 is 1.46 bits per heavy atom. The van der Waals surface area contributed by atoms with Crippen LogP contribution in [0, 0.1) is 11.8 Å². The van der Waals surface area contributed by atoms with E-state index in [1.165, 1.54) is 4.31 Å². The predicted molar refractivity (Wildman–Crippen MR) is 94.9 cm³/mol. The van der Waals surface area contributed by atoms with E-state index in [0.717, 1.165) is 11.3 Å². The molecule has 1 N–H and O–H groups in total. The molecule has 24 heavy (non-hydrogen) atoms. The highest BCUT2D eigenvalue weighted by atomic mass is 35.5. The van der Waals surface area contributed by atoms with E-state index in [1.807, 2.05) is 6.92 Å². The van der Waals surface area contributed by atoms with Crippen LogP contribution < -0.4 is 5.32 Å². The molecule has 1 aliphatic rings. The predicted octanol–water partition coefficient (Wildman–Crippen LogP) is 2.20. The Morgan fingerprint density at radius 2 is 2.12 bits per heavy atom. The number of carbonyl (C=O) groups is 1. The Kier molecular flexibility index (Phi) is 7.06. The minimum absolute atomic E-state index is 0.00149. The monoisotopic (exact) mass is 394 g/mol. The molecule has 1 atom stereocenters. The smallest absolute Gasteiger partial charge is 0.252 e. The highest BCUT2D eigenvalue weighted by molar-refractivity contribution is 7.91. The average molecular weight is 395 g/mol. The fourth-order valence-electron chi connectivity index (χ4n) is 2.83. The molecule has 0 radical (unpaired) electrons. The second kappa shape index (κ2) is 8.62. The first-order chi connectivity index (χ1) is 11.4. The lowest BCUT2D eigenvalue weighted by Gasteiger charge is -2.33. The third kappa shape index (κ3) is 4.70. The van der Waals surface area contributed by atoms with Crippen LogP contribution in [0.2, 0.25) is 4.34 Å². The van der Waals surface area contributed by atoms with Gasteiger partial charge in [0, 0.05) is 32.7 Å². The molecule has 9 heteroatoms. The summed E-state index contributed by atoms with van der Waals surface area (Å²) in [5.41, 5.74) is 0. The fourth-order valence-corrected chi connectivity index (χ4v) is 5.94. The number of ether oxygens (including phenoxy) is 1. The number of piperidine rings is 1. The molecule has 0 saturated carbocycles. The molecule has 2 rings (SSSR count). The highest BCUT2D eigenvalue weighted by Crippen LogP contribution is 2.32. The van der Waals surface area contributed by atoms with Crippen LogP contribution in [0.25, 0.3) is 0 Å². The molecule has 1 aromatic rings. The standard InChI is InChI=1S/C15H23ClN2O4S2/c1-11(15(19)17-7-10-22-2)12-5-8-18(9-6-12)24(20,21)14-4-3-13(16)23-14/h3-4,11-12H,5-10H2,1-2H3,(H,17,19). The van der Waals surface area contributed by atoms with Gasteiger partial charge in [0.05, 0.1) is 10.9 Å². The number of sulfonamides is 1. The van der Waals surface area contributed by atoms with E-state index in [9.17, 15) is 13.2 Å². The zero-order valence-corrected chi connectivity index (χ0v) is 16.2. The average Bonchev–Trinajstić information content (AvgIpc) is 3.01. The number of carbonyl (C=O) groups excluding carboxylic acids is 1. The van der Waals surface area contributed by atoms with E-state index in [4.69, 9.17) is 16.3 Å². The summed E-state index contributed by atoms with van der Waals surface area (Å²) < 4.78 is 32.3. The molecule has 1 amide bonds. The maximum absolute atomic E-state index is 12.6. The minimum atomic E-state index is -3.48. The van der Waals surface area contributed by atoms with Crippen molar-refractivity contribution in [1.82, 2.24) is 9.62 Å². The van der Waals surface area contributed by atoms with E-state index in [1.54, 1.807) is 19.2 Å². The Hall–Kier alpha value is -0.670. The topological polar surface area (TPSA) is 75.7 Å². The number of hydrogen-bond acceptors (Lipinski definition) is 5. The van der Waals surface area contributed by atoms with Gasteiger partial charge in [0.2, 0.25) is 5.91 Å². The van der Waals surface area contributed by atoms with Gasteiger partial charge in [-0.05, 0) is 30.9 Å². The van der Waals surface area contributed by atoms with Crippen molar-refractivity contribution in [2.75, 3.05) is 33.4 Å². The molecular weight excluding hydrogens is 372 g/mol. The van der Waals surface area contributed by atoms with E-state index in [-0.39, 0.29) is 22.0 Å². The number of nitrogens with zero attached hydrogens (tertiary/aromatic N) is 1. The molecule has 1 aromatic heterocycles. The van der Waals surface area contributed by atoms with Crippen molar-refractivity contribution >= 4 is 38.9 Å². The summed E-state index contributed by atoms with van der Waals surface area (Å²) >= 11 is 6.91. The molecule has 1 aliphatic heterocycles. The van der Waals surface area contributed by atoms with Crippen LogP contribution in [0.1, 0.15) is 19.8 Å². The summed E-state index contributed by atoms with van der Waals surface area (Å²) in [5.74, 6) is 0.0483. The summed E-state index contributed by atoms with van der Waals surface area (Å²) in [7, 11) is -1.89. The van der Waals surface area contributed by atoms with Crippen molar-refractivity contribution in [3.05, 3.63) is 16.5 Å². The van der Waals surface area contributed by atoms with Gasteiger partial charge >= 0.3 is 0 Å². The molecule has 136 valence electrons. The van der Waals surface area contributed by atoms with Gasteiger partial charge in [-0.2, -0.15) is 4.31 Å². The largest absolute Gasteiger partial charge is 0.383 e. The third-order valence-corrected chi connectivity index (χ3v) is 7.96. The number of halogens is 1. The van der Waals surface area contributed by atoms with Gasteiger partial charge in [-0.1, -0.05) is 18.5 Å². The Morgan fingerprint density at radius 3 is 2.67 bits per heavy atom. The summed E-state index contributed by atoms with van der Waals surface area (Å²) in [6.45, 7) is 3.73. The zero-order valence-electron chi connectivity index (χ0n) is 13.8. The fraction of sp³-hybridized carbons (Fsp3) is 0.667. The van der Waals surface area contributed by atoms with Gasteiger partial charge in [-0.25, -0.2) is 8.42 Å². The lowest BCUT2D eigenvalue weighted by atomic mass is 9.85. The normalized spacial score (nSPS) is 18.5. The number of nitrogens with one attached hydrogen (secondary N) is 1. The highest BCUT2D eigenvalue weighted by Gasteiger charge is 2.33. The Bertz CT molecular complexity index is 654. The van der Waals surface area contributed by atoms with Crippen LogP contribution in [-0.2, 0) is 19.6 Å². The zero-order chi connectivity index (χ0) is 17.7. The first-order valence-corrected chi connectivity index (χ1v) is 10.5. The maximum Gasteiger partial charge on any atom is 0.252 e. The molecule has 1 unspecified atom stereocenters. The van der Waals surface area contributed by atoms with Crippen molar-refractivity contribution < 1.29 is 17.9 Å². The maximum atomic E-state index is 12.6. The van der Waals surface area contributed by atoms with Crippen LogP contribution in [-0.4, -0.2) is 52.0 Å². The molecular formula is C15H23ClN2O4S2. The lowest BCUT2D eigenvalue weighted by Crippen LogP contribution is -2.42. The molecule has 6 nitrogen and oxygen atoms in total. The lowest BCUT2D eigenvalue weighted by molar-refractivity contribution is -0.126. The van der Waals surface area contributed by atoms with Crippen LogP contribution >= 0.6 is 22.9 Å². The van der Waals surface area contributed by atoms with E-state index in [2.05, 4.69) is 5.32 Å². The van der Waals surface area contributed by atoms with Gasteiger partial charge in [0.25, 0.3) is 10.0 Å². The van der Waals surface area contributed by atoms with Crippen molar-refractivity contribution in [3.8, 4) is 0 Å². The quantitative estimate of drug-likeness (QED) is 0.719. The van der Waals surface area contributed by atoms with Gasteiger partial charge in [0.15, 0.2) is 0 Å². The third-order valence-electron chi connectivity index (χ3n) is 4.37. The second-order valence-electron chi connectivity index (χ2n) is 5.87. The summed E-state index contributed by atoms with van der Waals surface area (Å²) in [6, 6.07) is 3.14. The van der Waals surface area contributed by atoms with E-state index < -0.39 is 10.0 Å². The van der Waals surface area contributed by atoms with Crippen LogP contribution in [0.5, 0.6) is 0 Å². The molecule has 0 aromatic carbocycles. The number of thiophene rings is 1. The minimum Gasteiger partial charge on any atom is -0.383 e. The summed E-state index contributed by atoms with van der Waals surface area (Å²) in [6.07, 6.45) is 1.36. The van der Waals surface area contributed by atoms with Crippen LogP contribution in [0.3, 0.4) is 0 Å². The van der Waals surface area contributed by atoms with Crippen molar-refractivity contribution in [3.63, 3.8) is 0 Å². The van der Waals surface area contributed by atoms with Gasteiger partial charge < -0.3 is 10.1 Å². The van der Waals surface area contributed by atoms with Crippen LogP contribution in [0.15, 0.2) is 16.3 Å². The van der Waals surface area contributed by atoms with Crippen molar-refractivity contribution in [2.45, 2.75) is 24.0 Å². The Labute approximate surface area is 152 Å². The van der Waals surface area contributed by atoms with Crippen LogP contribution in [0.4, 0.5) is 0 Å². The first kappa shape index (κ1) is 19.7. The molecule has 0 bridgehead atoms. The molecule has 2 heterocycles. The number of amides is 1. The second-order valence-corrected chi connectivity index (χ2v) is 9.75. The first-order valence-electron chi connectivity index (χ1n) is 7.88. The van der Waals surface area contributed by atoms with Crippen molar-refractivity contribution in [2.24, 2.45) is 11.8 Å². The Balaban J connectivity index is 1.90. The van der Waals surface area contributed by atoms with Gasteiger partial charge in [-0.3, -0.25) is 4.79 Å². The molecule has 0 spiro atoms. The summed E-state index contributed by atoms with van der Waals surface area (Å²) in [4.78, 5) is 12.1. The van der Waals surface area contributed by atoms with Gasteiger partial charge in [0.1, 0.15) is 4.21 Å². The molecule has 1 saturated heterocycles. The van der Waals surface area contributed by atoms with Gasteiger partial charge in [-0.15, -0.1) is 11.3 Å². The van der Waals surface area contributed by atoms with E-state index in [0.29, 0.717) is 43.4 Å². The summed E-state index contributed by atoms with van der Waals surface area (Å²) in [5, 5.41) is 2.84.